The molecule has 3 aromatic rings. The molecule has 0 spiro atoms. The van der Waals surface area contributed by atoms with Crippen molar-refractivity contribution in [3.05, 3.63) is 81.1 Å². The van der Waals surface area contributed by atoms with Crippen LogP contribution < -0.4 is 10.7 Å². The van der Waals surface area contributed by atoms with E-state index in [-0.39, 0.29) is 23.2 Å². The maximum absolute atomic E-state index is 11.8. The van der Waals surface area contributed by atoms with Crippen LogP contribution in [0.1, 0.15) is 11.3 Å². The van der Waals surface area contributed by atoms with Gasteiger partial charge in [0.25, 0.3) is 11.6 Å². The number of non-ortho nitro benzene ring substituents is 1. The van der Waals surface area contributed by atoms with Crippen LogP contribution in [0, 0.1) is 17.0 Å². The van der Waals surface area contributed by atoms with Crippen LogP contribution in [0.4, 0.5) is 11.4 Å². The number of anilines is 1. The molecule has 0 radical (unpaired) electrons. The Morgan fingerprint density at radius 3 is 2.66 bits per heavy atom. The van der Waals surface area contributed by atoms with E-state index in [2.05, 4.69) is 15.8 Å². The Kier molecular flexibility index (Phi) is 6.25. The summed E-state index contributed by atoms with van der Waals surface area (Å²) in [4.78, 5) is 22.1. The van der Waals surface area contributed by atoms with E-state index >= 15 is 0 Å². The molecule has 0 aliphatic carbocycles. The van der Waals surface area contributed by atoms with Gasteiger partial charge in [-0.2, -0.15) is 5.10 Å². The first-order valence-electron chi connectivity index (χ1n) is 8.59. The average molecular weight is 413 g/mol. The van der Waals surface area contributed by atoms with Crippen molar-refractivity contribution in [2.24, 2.45) is 5.10 Å². The van der Waals surface area contributed by atoms with Crippen molar-refractivity contribution in [3.8, 4) is 11.3 Å². The van der Waals surface area contributed by atoms with Gasteiger partial charge in [0.15, 0.2) is 0 Å². The first-order chi connectivity index (χ1) is 13.9. The number of halogens is 1. The predicted octanol–water partition coefficient (Wildman–Crippen LogP) is 4.38. The molecule has 148 valence electrons. The number of nitro groups is 1. The Balaban J connectivity index is 1.55. The number of carbonyl (C=O) groups excluding carboxylic acids is 1. The fourth-order valence-electron chi connectivity index (χ4n) is 2.45. The molecular formula is C20H17ClN4O4. The van der Waals surface area contributed by atoms with Gasteiger partial charge in [0, 0.05) is 23.4 Å². The van der Waals surface area contributed by atoms with E-state index in [1.54, 1.807) is 12.1 Å². The summed E-state index contributed by atoms with van der Waals surface area (Å²) in [7, 11) is 0. The Morgan fingerprint density at radius 2 is 1.97 bits per heavy atom. The maximum atomic E-state index is 11.8. The third-order valence-corrected chi connectivity index (χ3v) is 4.25. The lowest BCUT2D eigenvalue weighted by molar-refractivity contribution is -0.384. The van der Waals surface area contributed by atoms with Crippen LogP contribution in [0.5, 0.6) is 0 Å². The van der Waals surface area contributed by atoms with Crippen LogP contribution in [0.2, 0.25) is 5.02 Å². The summed E-state index contributed by atoms with van der Waals surface area (Å²) in [5.74, 6) is 0.506. The minimum Gasteiger partial charge on any atom is -0.455 e. The highest BCUT2D eigenvalue weighted by Gasteiger charge is 2.13. The van der Waals surface area contributed by atoms with Gasteiger partial charge in [0.1, 0.15) is 11.5 Å². The van der Waals surface area contributed by atoms with E-state index in [1.165, 1.54) is 24.4 Å². The second-order valence-corrected chi connectivity index (χ2v) is 6.54. The number of nitro benzene ring substituents is 1. The maximum Gasteiger partial charge on any atom is 0.270 e. The number of rotatable bonds is 7. The Labute approximate surface area is 171 Å². The van der Waals surface area contributed by atoms with Gasteiger partial charge in [0.05, 0.1) is 22.7 Å². The molecule has 1 amide bonds. The smallest absolute Gasteiger partial charge is 0.270 e. The van der Waals surface area contributed by atoms with Crippen LogP contribution in [0.3, 0.4) is 0 Å². The van der Waals surface area contributed by atoms with Gasteiger partial charge in [-0.1, -0.05) is 29.3 Å². The van der Waals surface area contributed by atoms with Crippen molar-refractivity contribution < 1.29 is 14.1 Å². The molecule has 3 rings (SSSR count). The largest absolute Gasteiger partial charge is 0.455 e. The van der Waals surface area contributed by atoms with E-state index in [9.17, 15) is 14.9 Å². The monoisotopic (exact) mass is 412 g/mol. The summed E-state index contributed by atoms with van der Waals surface area (Å²) in [5.41, 5.74) is 4.79. The van der Waals surface area contributed by atoms with E-state index in [0.717, 1.165) is 11.3 Å². The van der Waals surface area contributed by atoms with E-state index in [4.69, 9.17) is 16.0 Å². The van der Waals surface area contributed by atoms with Crippen LogP contribution >= 0.6 is 11.6 Å². The Morgan fingerprint density at radius 1 is 1.21 bits per heavy atom. The van der Waals surface area contributed by atoms with Crippen LogP contribution in [0.25, 0.3) is 11.3 Å². The molecule has 0 saturated carbocycles. The first kappa shape index (κ1) is 20.1. The number of amides is 1. The number of furan rings is 1. The highest BCUT2D eigenvalue weighted by molar-refractivity contribution is 6.33. The Bertz CT molecular complexity index is 1060. The molecule has 1 aromatic heterocycles. The van der Waals surface area contributed by atoms with Gasteiger partial charge in [-0.05, 0) is 37.3 Å². The molecule has 0 fully saturated rings. The first-order valence-corrected chi connectivity index (χ1v) is 8.97. The van der Waals surface area contributed by atoms with Crippen molar-refractivity contribution in [1.29, 1.82) is 0 Å². The summed E-state index contributed by atoms with van der Waals surface area (Å²) in [5, 5.41) is 17.8. The highest BCUT2D eigenvalue weighted by Crippen LogP contribution is 2.31. The quantitative estimate of drug-likeness (QED) is 0.340. The molecule has 0 aliphatic rings. The lowest BCUT2D eigenvalue weighted by Crippen LogP contribution is -2.25. The van der Waals surface area contributed by atoms with Crippen molar-refractivity contribution in [2.75, 3.05) is 11.9 Å². The molecule has 0 saturated heterocycles. The van der Waals surface area contributed by atoms with E-state index in [1.807, 2.05) is 31.2 Å². The van der Waals surface area contributed by atoms with Gasteiger partial charge in [-0.15, -0.1) is 0 Å². The number of hydrogen-bond acceptors (Lipinski definition) is 6. The van der Waals surface area contributed by atoms with E-state index < -0.39 is 4.92 Å². The minimum absolute atomic E-state index is 0.0716. The third-order valence-electron chi connectivity index (χ3n) is 3.94. The number of nitrogens with one attached hydrogen (secondary N) is 2. The Hall–Kier alpha value is -3.65. The lowest BCUT2D eigenvalue weighted by Gasteiger charge is -2.05. The molecule has 9 heteroatoms. The summed E-state index contributed by atoms with van der Waals surface area (Å²) in [6, 6.07) is 15.1. The van der Waals surface area contributed by atoms with Crippen molar-refractivity contribution >= 4 is 35.1 Å². The summed E-state index contributed by atoms with van der Waals surface area (Å²) < 4.78 is 5.60. The molecule has 2 N–H and O–H groups in total. The van der Waals surface area contributed by atoms with E-state index in [0.29, 0.717) is 17.1 Å². The summed E-state index contributed by atoms with van der Waals surface area (Å²) >= 11 is 6.10. The van der Waals surface area contributed by atoms with Crippen molar-refractivity contribution in [1.82, 2.24) is 5.43 Å². The SMILES string of the molecule is Cc1ccc(NCC(=O)NN=Cc2ccc(-c3ccc([N+](=O)[O-])cc3Cl)o2)cc1. The standard InChI is InChI=1S/C20H17ClN4O4/c1-13-2-4-14(5-3-13)22-12-20(26)24-23-11-16-7-9-19(29-16)17-8-6-15(25(27)28)10-18(17)21/h2-11,22H,12H2,1H3,(H,24,26). The van der Waals surface area contributed by atoms with Gasteiger partial charge in [-0.3, -0.25) is 14.9 Å². The fraction of sp³-hybridized carbons (Fsp3) is 0.100. The van der Waals surface area contributed by atoms with Gasteiger partial charge in [0.2, 0.25) is 0 Å². The molecular weight excluding hydrogens is 396 g/mol. The van der Waals surface area contributed by atoms with Crippen LogP contribution in [-0.2, 0) is 4.79 Å². The predicted molar refractivity (Wildman–Crippen MR) is 111 cm³/mol. The number of hydrogen-bond donors (Lipinski definition) is 2. The van der Waals surface area contributed by atoms with Gasteiger partial charge in [-0.25, -0.2) is 5.43 Å². The highest BCUT2D eigenvalue weighted by atomic mass is 35.5. The molecule has 2 aromatic carbocycles. The normalized spacial score (nSPS) is 10.8. The van der Waals surface area contributed by atoms with Gasteiger partial charge >= 0.3 is 0 Å². The number of nitrogens with zero attached hydrogens (tertiary/aromatic N) is 2. The molecule has 1 heterocycles. The molecule has 8 nitrogen and oxygen atoms in total. The molecule has 0 unspecified atom stereocenters. The summed E-state index contributed by atoms with van der Waals surface area (Å²) in [6.07, 6.45) is 1.35. The second-order valence-electron chi connectivity index (χ2n) is 6.14. The number of hydrazone groups is 1. The third kappa shape index (κ3) is 5.43. The zero-order valence-electron chi connectivity index (χ0n) is 15.4. The average Bonchev–Trinajstić information content (AvgIpc) is 3.16. The van der Waals surface area contributed by atoms with Crippen molar-refractivity contribution in [2.45, 2.75) is 6.92 Å². The molecule has 0 atom stereocenters. The lowest BCUT2D eigenvalue weighted by atomic mass is 10.1. The zero-order chi connectivity index (χ0) is 20.8. The fourth-order valence-corrected chi connectivity index (χ4v) is 2.71. The zero-order valence-corrected chi connectivity index (χ0v) is 16.1. The molecule has 0 bridgehead atoms. The number of aryl methyl sites for hydroxylation is 1. The molecule has 0 aliphatic heterocycles. The topological polar surface area (TPSA) is 110 Å². The van der Waals surface area contributed by atoms with Crippen LogP contribution in [-0.4, -0.2) is 23.6 Å². The summed E-state index contributed by atoms with van der Waals surface area (Å²) in [6.45, 7) is 2.06. The molecule has 29 heavy (non-hydrogen) atoms. The van der Waals surface area contributed by atoms with Crippen LogP contribution in [0.15, 0.2) is 64.1 Å². The van der Waals surface area contributed by atoms with Crippen molar-refractivity contribution in [3.63, 3.8) is 0 Å². The number of carbonyl (C=O) groups is 1. The van der Waals surface area contributed by atoms with Gasteiger partial charge < -0.3 is 9.73 Å². The second kappa shape index (κ2) is 9.03. The number of benzene rings is 2. The minimum atomic E-state index is -0.522.